The fourth-order valence-electron chi connectivity index (χ4n) is 4.03. The fraction of sp³-hybridized carbons (Fsp3) is 0.0345. The molecule has 1 heterocycles. The van der Waals surface area contributed by atoms with E-state index in [-0.39, 0.29) is 16.4 Å². The molecule has 0 aliphatic carbocycles. The number of benzene rings is 4. The average molecular weight is 562 g/mol. The molecule has 0 saturated carbocycles. The predicted octanol–water partition coefficient (Wildman–Crippen LogP) is 6.50. The lowest BCUT2D eigenvalue weighted by Crippen LogP contribution is -2.18. The minimum Gasteiger partial charge on any atom is -0.495 e. The van der Waals surface area contributed by atoms with E-state index in [2.05, 4.69) is 10.3 Å². The molecule has 0 unspecified atom stereocenters. The van der Waals surface area contributed by atoms with Crippen LogP contribution in [0.3, 0.4) is 0 Å². The van der Waals surface area contributed by atoms with Crippen molar-refractivity contribution in [3.05, 3.63) is 119 Å². The molecule has 0 aliphatic rings. The van der Waals surface area contributed by atoms with Gasteiger partial charge in [-0.05, 0) is 60.2 Å². The molecule has 39 heavy (non-hydrogen) atoms. The summed E-state index contributed by atoms with van der Waals surface area (Å²) in [6.07, 6.45) is 3.34. The van der Waals surface area contributed by atoms with Gasteiger partial charge in [0.1, 0.15) is 17.4 Å². The lowest BCUT2D eigenvalue weighted by molar-refractivity contribution is 0.102. The molecule has 10 heteroatoms. The summed E-state index contributed by atoms with van der Waals surface area (Å²) >= 11 is 6.03. The summed E-state index contributed by atoms with van der Waals surface area (Å²) in [5.74, 6) is -1.31. The van der Waals surface area contributed by atoms with Crippen molar-refractivity contribution in [2.24, 2.45) is 0 Å². The first-order chi connectivity index (χ1) is 18.8. The molecule has 0 atom stereocenters. The topological polar surface area (TPSA) is 90.3 Å². The maximum Gasteiger partial charge on any atom is 0.269 e. The lowest BCUT2D eigenvalue weighted by Gasteiger charge is -2.13. The van der Waals surface area contributed by atoms with Crippen LogP contribution in [-0.4, -0.2) is 30.4 Å². The number of imidazole rings is 1. The van der Waals surface area contributed by atoms with E-state index in [1.165, 1.54) is 13.2 Å². The Morgan fingerprint density at radius 3 is 2.49 bits per heavy atom. The van der Waals surface area contributed by atoms with Crippen LogP contribution in [0.2, 0.25) is 5.02 Å². The summed E-state index contributed by atoms with van der Waals surface area (Å²) in [6, 6.07) is 23.7. The number of rotatable bonds is 7. The number of nitrogens with one attached hydrogen (secondary N) is 1. The molecule has 1 amide bonds. The molecule has 4 aromatic carbocycles. The van der Waals surface area contributed by atoms with Crippen LogP contribution in [0.1, 0.15) is 21.7 Å². The molecule has 1 N–H and O–H groups in total. The van der Waals surface area contributed by atoms with Gasteiger partial charge in [-0.2, -0.15) is 0 Å². The number of ether oxygens (including phenoxy) is 1. The summed E-state index contributed by atoms with van der Waals surface area (Å²) in [6.45, 7) is 0. The molecule has 196 valence electrons. The Bertz CT molecular complexity index is 1840. The van der Waals surface area contributed by atoms with Gasteiger partial charge in [0, 0.05) is 5.02 Å². The third-order valence-electron chi connectivity index (χ3n) is 5.90. The van der Waals surface area contributed by atoms with Crippen molar-refractivity contribution in [1.82, 2.24) is 8.96 Å². The van der Waals surface area contributed by atoms with Crippen molar-refractivity contribution < 1.29 is 22.3 Å². The van der Waals surface area contributed by atoms with Crippen LogP contribution < -0.4 is 10.1 Å². The van der Waals surface area contributed by atoms with Crippen LogP contribution in [0.15, 0.2) is 95.9 Å². The molecule has 7 nitrogen and oxygen atoms in total. The van der Waals surface area contributed by atoms with Crippen LogP contribution in [0, 0.1) is 5.82 Å². The third-order valence-corrected chi connectivity index (χ3v) is 7.85. The zero-order valence-electron chi connectivity index (χ0n) is 20.5. The molecule has 1 aromatic heterocycles. The minimum atomic E-state index is -4.31. The molecule has 5 aromatic rings. The van der Waals surface area contributed by atoms with Gasteiger partial charge in [-0.1, -0.05) is 60.1 Å². The number of hydrogen-bond donors (Lipinski definition) is 1. The molecular weight excluding hydrogens is 541 g/mol. The molecule has 0 spiro atoms. The third kappa shape index (κ3) is 5.27. The predicted molar refractivity (Wildman–Crippen MR) is 150 cm³/mol. The van der Waals surface area contributed by atoms with Gasteiger partial charge in [0.25, 0.3) is 15.9 Å². The van der Waals surface area contributed by atoms with Gasteiger partial charge in [0.05, 0.1) is 34.3 Å². The number of carbonyl (C=O) groups excluding carboxylic acids is 1. The first-order valence-corrected chi connectivity index (χ1v) is 13.5. The smallest absolute Gasteiger partial charge is 0.269 e. The SMILES string of the molecule is COc1ccc(Cl)cc1NC(=O)c1cc(S(=O)(=O)n2c(/C=C/c3ccccc3)nc3ccccc32)ccc1F. The first kappa shape index (κ1) is 26.1. The number of amides is 1. The number of nitrogens with zero attached hydrogens (tertiary/aromatic N) is 2. The molecular formula is C29H21ClFN3O4S. The zero-order valence-corrected chi connectivity index (χ0v) is 22.1. The average Bonchev–Trinajstić information content (AvgIpc) is 3.32. The van der Waals surface area contributed by atoms with Crippen LogP contribution in [0.25, 0.3) is 23.2 Å². The number of anilines is 1. The minimum absolute atomic E-state index is 0.152. The van der Waals surface area contributed by atoms with Crippen LogP contribution in [-0.2, 0) is 10.0 Å². The van der Waals surface area contributed by atoms with Gasteiger partial charge in [0.2, 0.25) is 0 Å². The highest BCUT2D eigenvalue weighted by Crippen LogP contribution is 2.30. The number of methoxy groups -OCH3 is 1. The van der Waals surface area contributed by atoms with Crippen LogP contribution in [0.4, 0.5) is 10.1 Å². The van der Waals surface area contributed by atoms with Gasteiger partial charge in [-0.15, -0.1) is 0 Å². The quantitative estimate of drug-likeness (QED) is 0.245. The molecule has 0 fully saturated rings. The Hall–Kier alpha value is -4.47. The highest BCUT2D eigenvalue weighted by Gasteiger charge is 2.26. The molecule has 0 radical (unpaired) electrons. The maximum absolute atomic E-state index is 14.8. The second-order valence-electron chi connectivity index (χ2n) is 8.41. The van der Waals surface area contributed by atoms with E-state index in [0.717, 1.165) is 27.7 Å². The van der Waals surface area contributed by atoms with Gasteiger partial charge in [0.15, 0.2) is 0 Å². The number of para-hydroxylation sites is 2. The van der Waals surface area contributed by atoms with Gasteiger partial charge < -0.3 is 10.1 Å². The van der Waals surface area contributed by atoms with Crippen molar-refractivity contribution in [3.8, 4) is 5.75 Å². The number of fused-ring (bicyclic) bond motifs is 1. The van der Waals surface area contributed by atoms with Crippen LogP contribution >= 0.6 is 11.6 Å². The van der Waals surface area contributed by atoms with E-state index < -0.39 is 27.3 Å². The fourth-order valence-corrected chi connectivity index (χ4v) is 5.68. The Labute approximate surface area is 229 Å². The summed E-state index contributed by atoms with van der Waals surface area (Å²) < 4.78 is 49.0. The molecule has 0 aliphatic heterocycles. The van der Waals surface area contributed by atoms with Crippen LogP contribution in [0.5, 0.6) is 5.75 Å². The van der Waals surface area contributed by atoms with Gasteiger partial charge in [-0.25, -0.2) is 21.8 Å². The van der Waals surface area contributed by atoms with E-state index in [4.69, 9.17) is 16.3 Å². The van der Waals surface area contributed by atoms with Crippen molar-refractivity contribution in [1.29, 1.82) is 0 Å². The van der Waals surface area contributed by atoms with Crippen molar-refractivity contribution in [2.75, 3.05) is 12.4 Å². The Morgan fingerprint density at radius 1 is 0.974 bits per heavy atom. The Kier molecular flexibility index (Phi) is 7.19. The first-order valence-electron chi connectivity index (χ1n) is 11.7. The number of carbonyl (C=O) groups is 1. The van der Waals surface area contributed by atoms with Crippen molar-refractivity contribution in [3.63, 3.8) is 0 Å². The number of halogens is 2. The normalized spacial score (nSPS) is 11.7. The van der Waals surface area contributed by atoms with E-state index in [9.17, 15) is 17.6 Å². The number of aromatic nitrogens is 2. The zero-order chi connectivity index (χ0) is 27.6. The molecule has 0 saturated heterocycles. The van der Waals surface area contributed by atoms with E-state index >= 15 is 0 Å². The van der Waals surface area contributed by atoms with Gasteiger partial charge in [-0.3, -0.25) is 4.79 Å². The maximum atomic E-state index is 14.8. The van der Waals surface area contributed by atoms with Gasteiger partial charge >= 0.3 is 0 Å². The highest BCUT2D eigenvalue weighted by atomic mass is 35.5. The molecule has 0 bridgehead atoms. The largest absolute Gasteiger partial charge is 0.495 e. The summed E-state index contributed by atoms with van der Waals surface area (Å²) in [5, 5.41) is 2.86. The van der Waals surface area contributed by atoms with E-state index in [1.54, 1.807) is 48.6 Å². The van der Waals surface area contributed by atoms with E-state index in [0.29, 0.717) is 21.8 Å². The second-order valence-corrected chi connectivity index (χ2v) is 10.6. The summed E-state index contributed by atoms with van der Waals surface area (Å²) in [7, 11) is -2.90. The monoisotopic (exact) mass is 561 g/mol. The lowest BCUT2D eigenvalue weighted by atomic mass is 10.2. The van der Waals surface area contributed by atoms with Crippen molar-refractivity contribution >= 4 is 56.4 Å². The number of hydrogen-bond acceptors (Lipinski definition) is 5. The summed E-state index contributed by atoms with van der Waals surface area (Å²) in [4.78, 5) is 17.3. The summed E-state index contributed by atoms with van der Waals surface area (Å²) in [5.41, 5.74) is 1.39. The molecule has 5 rings (SSSR count). The Balaban J connectivity index is 1.58. The standard InChI is InChI=1S/C29H21ClFN3O4S/c1-38-27-15-12-20(30)17-25(27)33-29(35)22-18-21(13-14-23(22)31)39(36,37)34-26-10-6-5-9-24(26)32-28(34)16-11-19-7-3-2-4-8-19/h2-18H,1H3,(H,33,35)/b16-11+. The van der Waals surface area contributed by atoms with E-state index in [1.807, 2.05) is 30.3 Å². The van der Waals surface area contributed by atoms with Crippen molar-refractivity contribution in [2.45, 2.75) is 4.90 Å². The Morgan fingerprint density at radius 2 is 1.72 bits per heavy atom. The second kappa shape index (κ2) is 10.7. The highest BCUT2D eigenvalue weighted by molar-refractivity contribution is 7.90.